The average Bonchev–Trinajstić information content (AvgIpc) is 3.16. The predicted octanol–water partition coefficient (Wildman–Crippen LogP) is 4.46. The molecular weight excluding hydrogens is 694 g/mol. The van der Waals surface area contributed by atoms with Crippen LogP contribution in [0.4, 0.5) is 5.69 Å². The third-order valence-corrected chi connectivity index (χ3v) is 11.6. The van der Waals surface area contributed by atoms with Gasteiger partial charge in [-0.1, -0.05) is 23.7 Å². The van der Waals surface area contributed by atoms with Gasteiger partial charge in [-0.15, -0.1) is 0 Å². The van der Waals surface area contributed by atoms with Crippen LogP contribution in [0.25, 0.3) is 21.8 Å². The van der Waals surface area contributed by atoms with Crippen LogP contribution in [0.2, 0.25) is 5.02 Å². The number of nitrogens with one attached hydrogen (secondary N) is 1. The highest BCUT2D eigenvalue weighted by Crippen LogP contribution is 2.33. The molecule has 0 saturated carbocycles. The summed E-state index contributed by atoms with van der Waals surface area (Å²) in [5, 5.41) is 16.4. The summed E-state index contributed by atoms with van der Waals surface area (Å²) in [4.78, 5) is 67.7. The van der Waals surface area contributed by atoms with Gasteiger partial charge in [-0.25, -0.2) is 4.98 Å². The van der Waals surface area contributed by atoms with E-state index in [1.807, 2.05) is 12.1 Å². The molecule has 3 aliphatic rings. The first kappa shape index (κ1) is 37.1. The van der Waals surface area contributed by atoms with E-state index in [1.165, 1.54) is 10.9 Å². The molecule has 12 nitrogen and oxygen atoms in total. The number of carbonyl (C=O) groups excluding carboxylic acids is 3. The summed E-state index contributed by atoms with van der Waals surface area (Å²) in [5.74, 6) is -0.166. The zero-order valence-corrected chi connectivity index (χ0v) is 31.2. The number of pyridine rings is 1. The second kappa shape index (κ2) is 16.0. The first-order chi connectivity index (χ1) is 25.5. The Kier molecular flexibility index (Phi) is 11.2. The molecule has 1 aliphatic carbocycles. The number of aryl methyl sites for hydroxylation is 1. The van der Waals surface area contributed by atoms with Gasteiger partial charge in [0.15, 0.2) is 5.78 Å². The molecule has 2 fully saturated rings. The van der Waals surface area contributed by atoms with E-state index in [-0.39, 0.29) is 42.5 Å². The van der Waals surface area contributed by atoms with E-state index in [0.717, 1.165) is 79.0 Å². The van der Waals surface area contributed by atoms with E-state index in [2.05, 4.69) is 27.1 Å². The number of likely N-dealkylation sites (N-methyl/N-ethyl adjacent to an activating group) is 1. The fraction of sp³-hybridized carbons (Fsp3) is 0.500. The number of amides is 2. The quantitative estimate of drug-likeness (QED) is 0.213. The van der Waals surface area contributed by atoms with Crippen molar-refractivity contribution in [2.45, 2.75) is 76.4 Å². The highest BCUT2D eigenvalue weighted by Gasteiger charge is 2.34. The number of benzene rings is 2. The number of likely N-dealkylation sites (tertiary alicyclic amines) is 1. The Bertz CT molecular complexity index is 2090. The third-order valence-electron chi connectivity index (χ3n) is 11.2. The Morgan fingerprint density at radius 3 is 2.45 bits per heavy atom. The number of nitrogens with zero attached hydrogens (tertiary/aromatic N) is 6. The first-order valence-electron chi connectivity index (χ1n) is 18.9. The molecule has 2 aromatic heterocycles. The van der Waals surface area contributed by atoms with E-state index in [0.29, 0.717) is 67.5 Å². The summed E-state index contributed by atoms with van der Waals surface area (Å²) in [6.07, 6.45) is 7.41. The number of piperidine rings is 1. The van der Waals surface area contributed by atoms with Crippen molar-refractivity contribution in [1.29, 1.82) is 0 Å². The van der Waals surface area contributed by atoms with Crippen LogP contribution in [-0.4, -0.2) is 110 Å². The van der Waals surface area contributed by atoms with Gasteiger partial charge < -0.3 is 25.1 Å². The number of fused-ring (bicyclic) bond motifs is 3. The molecule has 0 spiro atoms. The number of hydrogen-bond donors (Lipinski definition) is 2. The van der Waals surface area contributed by atoms with E-state index < -0.39 is 5.60 Å². The lowest BCUT2D eigenvalue weighted by atomic mass is 9.91. The summed E-state index contributed by atoms with van der Waals surface area (Å²) in [7, 11) is 2.10. The molecule has 7 rings (SSSR count). The van der Waals surface area contributed by atoms with Crippen molar-refractivity contribution in [1.82, 2.24) is 29.2 Å². The molecule has 0 atom stereocenters. The van der Waals surface area contributed by atoms with E-state index in [1.54, 1.807) is 29.2 Å². The Balaban J connectivity index is 0.876. The van der Waals surface area contributed by atoms with Crippen LogP contribution in [-0.2, 0) is 29.0 Å². The molecule has 4 aromatic rings. The number of rotatable bonds is 11. The molecular formula is C40H48ClN7O5. The first-order valence-corrected chi connectivity index (χ1v) is 19.3. The molecule has 0 unspecified atom stereocenters. The third kappa shape index (κ3) is 8.62. The summed E-state index contributed by atoms with van der Waals surface area (Å²) in [5.41, 5.74) is 3.08. The molecule has 13 heteroatoms. The maximum absolute atomic E-state index is 13.4. The fourth-order valence-electron chi connectivity index (χ4n) is 7.79. The summed E-state index contributed by atoms with van der Waals surface area (Å²) in [6, 6.07) is 10.6. The maximum Gasteiger partial charge on any atom is 0.261 e. The van der Waals surface area contributed by atoms with Gasteiger partial charge in [0.2, 0.25) is 11.8 Å². The monoisotopic (exact) mass is 741 g/mol. The summed E-state index contributed by atoms with van der Waals surface area (Å²) >= 11 is 6.70. The topological polar surface area (TPSA) is 141 Å². The highest BCUT2D eigenvalue weighted by molar-refractivity contribution is 6.36. The molecule has 2 aliphatic heterocycles. The molecule has 53 heavy (non-hydrogen) atoms. The molecule has 4 heterocycles. The summed E-state index contributed by atoms with van der Waals surface area (Å²) in [6.45, 7) is 5.39. The van der Waals surface area contributed by atoms with E-state index in [9.17, 15) is 24.3 Å². The van der Waals surface area contributed by atoms with Gasteiger partial charge >= 0.3 is 0 Å². The lowest BCUT2D eigenvalue weighted by Crippen LogP contribution is -2.49. The number of halogens is 1. The van der Waals surface area contributed by atoms with Crippen LogP contribution in [0.15, 0.2) is 47.5 Å². The van der Waals surface area contributed by atoms with Crippen molar-refractivity contribution in [2.24, 2.45) is 0 Å². The van der Waals surface area contributed by atoms with Crippen molar-refractivity contribution in [3.8, 4) is 0 Å². The number of aromatic nitrogens is 3. The zero-order valence-electron chi connectivity index (χ0n) is 30.4. The van der Waals surface area contributed by atoms with Gasteiger partial charge in [-0.3, -0.25) is 28.7 Å². The largest absolute Gasteiger partial charge is 0.388 e. The van der Waals surface area contributed by atoms with Gasteiger partial charge in [0.1, 0.15) is 0 Å². The molecule has 0 bridgehead atoms. The number of anilines is 1. The van der Waals surface area contributed by atoms with Crippen molar-refractivity contribution >= 4 is 56.7 Å². The van der Waals surface area contributed by atoms with Crippen LogP contribution in [0, 0.1) is 0 Å². The van der Waals surface area contributed by atoms with Crippen LogP contribution in [0.3, 0.4) is 0 Å². The van der Waals surface area contributed by atoms with Crippen LogP contribution in [0.5, 0.6) is 0 Å². The van der Waals surface area contributed by atoms with E-state index >= 15 is 0 Å². The van der Waals surface area contributed by atoms with Crippen LogP contribution < -0.4 is 10.9 Å². The number of carbonyl (C=O) groups is 3. The predicted molar refractivity (Wildman–Crippen MR) is 206 cm³/mol. The molecule has 0 radical (unpaired) electrons. The van der Waals surface area contributed by atoms with Gasteiger partial charge in [0.05, 0.1) is 39.9 Å². The van der Waals surface area contributed by atoms with Crippen molar-refractivity contribution in [2.75, 3.05) is 58.2 Å². The number of piperazine rings is 1. The molecule has 280 valence electrons. The van der Waals surface area contributed by atoms with Gasteiger partial charge in [0.25, 0.3) is 5.56 Å². The standard InChI is InChI=1S/C40H48ClN7O5/c1-45-19-21-46(22-20-45)16-13-36(50)43-28-10-12-31-33(24-28)42-26-48(39(31)52)25-40(53)14-17-47(18-15-40)37(51)8-4-7-35(49)27-9-11-30-34(23-27)44-32-6-3-2-5-29(32)38(30)41/h9-12,23-24,26,53H,2-8,13-22,25H2,1H3,(H,43,50). The highest BCUT2D eigenvalue weighted by atomic mass is 35.5. The minimum atomic E-state index is -1.17. The average molecular weight is 742 g/mol. The fourth-order valence-corrected chi connectivity index (χ4v) is 8.16. The minimum absolute atomic E-state index is 0.0320. The lowest BCUT2D eigenvalue weighted by Gasteiger charge is -2.38. The zero-order chi connectivity index (χ0) is 37.1. The van der Waals surface area contributed by atoms with Crippen molar-refractivity contribution < 1.29 is 19.5 Å². The van der Waals surface area contributed by atoms with Gasteiger partial charge in [-0.05, 0) is 81.8 Å². The Labute approximate surface area is 314 Å². The maximum atomic E-state index is 13.4. The number of ketones is 1. The Hall–Kier alpha value is -4.23. The Morgan fingerprint density at radius 2 is 1.66 bits per heavy atom. The number of hydrogen-bond acceptors (Lipinski definition) is 9. The second-order valence-corrected chi connectivity index (χ2v) is 15.4. The summed E-state index contributed by atoms with van der Waals surface area (Å²) < 4.78 is 1.42. The number of Topliss-reactive ketones (excluding diaryl/α,β-unsaturated/α-hetero) is 1. The SMILES string of the molecule is CN1CCN(CCC(=O)Nc2ccc3c(=O)n(CC4(O)CCN(C(=O)CCCC(=O)c5ccc6c(Cl)c7c(nc6c5)CCCC7)CC4)cnc3c2)CC1. The second-order valence-electron chi connectivity index (χ2n) is 15.0. The molecule has 2 aromatic carbocycles. The van der Waals surface area contributed by atoms with E-state index in [4.69, 9.17) is 16.6 Å². The normalized spacial score (nSPS) is 17.9. The van der Waals surface area contributed by atoms with Crippen molar-refractivity contribution in [3.63, 3.8) is 0 Å². The van der Waals surface area contributed by atoms with Crippen LogP contribution >= 0.6 is 11.6 Å². The van der Waals surface area contributed by atoms with Crippen LogP contribution in [0.1, 0.15) is 73.0 Å². The minimum Gasteiger partial charge on any atom is -0.388 e. The van der Waals surface area contributed by atoms with Gasteiger partial charge in [0, 0.05) is 87.4 Å². The van der Waals surface area contributed by atoms with Crippen molar-refractivity contribution in [3.05, 3.63) is 74.9 Å². The molecule has 2 saturated heterocycles. The molecule has 2 N–H and O–H groups in total. The Morgan fingerprint density at radius 1 is 0.906 bits per heavy atom. The molecule has 2 amide bonds. The lowest BCUT2D eigenvalue weighted by molar-refractivity contribution is -0.136. The smallest absolute Gasteiger partial charge is 0.261 e. The number of aliphatic hydroxyl groups is 1. The van der Waals surface area contributed by atoms with Gasteiger partial charge in [-0.2, -0.15) is 0 Å².